The first-order chi connectivity index (χ1) is 8.41. The fraction of sp³-hybridized carbons (Fsp3) is 0.200. The van der Waals surface area contributed by atoms with Crippen molar-refractivity contribution < 1.29 is 17.7 Å². The predicted octanol–water partition coefficient (Wildman–Crippen LogP) is 3.45. The van der Waals surface area contributed by atoms with Crippen LogP contribution in [0.5, 0.6) is 0 Å². The fourth-order valence-electron chi connectivity index (χ4n) is 1.30. The summed E-state index contributed by atoms with van der Waals surface area (Å²) in [6, 6.07) is 2.92. The molecule has 0 radical (unpaired) electrons. The number of nitrogens with zero attached hydrogens (tertiary/aromatic N) is 2. The van der Waals surface area contributed by atoms with E-state index >= 15 is 0 Å². The van der Waals surface area contributed by atoms with Crippen molar-refractivity contribution in [1.82, 2.24) is 10.1 Å². The predicted molar refractivity (Wildman–Crippen MR) is 59.3 cm³/mol. The topological polar surface area (TPSA) is 51.0 Å². The summed E-state index contributed by atoms with van der Waals surface area (Å²) in [5.74, 6) is 0.277. The van der Waals surface area contributed by atoms with E-state index in [2.05, 4.69) is 15.5 Å². The summed E-state index contributed by atoms with van der Waals surface area (Å²) in [7, 11) is 1.59. The third kappa shape index (κ3) is 2.40. The maximum Gasteiger partial charge on any atom is 0.416 e. The van der Waals surface area contributed by atoms with Crippen molar-refractivity contribution >= 4 is 17.5 Å². The molecule has 0 aliphatic carbocycles. The van der Waals surface area contributed by atoms with E-state index < -0.39 is 11.7 Å². The van der Waals surface area contributed by atoms with Crippen molar-refractivity contribution in [2.45, 2.75) is 6.18 Å². The fourth-order valence-corrected chi connectivity index (χ4v) is 1.56. The smallest absolute Gasteiger partial charge is 0.355 e. The largest absolute Gasteiger partial charge is 0.416 e. The molecular weight excluding hydrogens is 271 g/mol. The van der Waals surface area contributed by atoms with Gasteiger partial charge in [-0.25, -0.2) is 0 Å². The van der Waals surface area contributed by atoms with Crippen LogP contribution >= 0.6 is 11.6 Å². The average molecular weight is 278 g/mol. The lowest BCUT2D eigenvalue weighted by molar-refractivity contribution is -0.137. The van der Waals surface area contributed by atoms with Gasteiger partial charge in [0.05, 0.1) is 16.1 Å². The summed E-state index contributed by atoms with van der Waals surface area (Å²) >= 11 is 5.77. The van der Waals surface area contributed by atoms with E-state index in [1.165, 1.54) is 6.07 Å². The molecule has 1 N–H and O–H groups in total. The Kier molecular flexibility index (Phi) is 3.16. The van der Waals surface area contributed by atoms with Crippen LogP contribution in [0.15, 0.2) is 22.7 Å². The Labute approximate surface area is 105 Å². The maximum absolute atomic E-state index is 12.4. The maximum atomic E-state index is 12.4. The Hall–Kier alpha value is -1.76. The van der Waals surface area contributed by atoms with Crippen LogP contribution in [-0.2, 0) is 6.18 Å². The molecule has 0 aliphatic heterocycles. The molecule has 0 atom stereocenters. The lowest BCUT2D eigenvalue weighted by Crippen LogP contribution is -2.04. The van der Waals surface area contributed by atoms with Gasteiger partial charge >= 0.3 is 6.18 Å². The number of nitrogens with one attached hydrogen (secondary N) is 1. The van der Waals surface area contributed by atoms with E-state index in [9.17, 15) is 13.2 Å². The van der Waals surface area contributed by atoms with Crippen LogP contribution in [0, 0.1) is 0 Å². The zero-order valence-electron chi connectivity index (χ0n) is 9.05. The molecular formula is C10H7ClF3N3O. The number of rotatable bonds is 2. The van der Waals surface area contributed by atoms with E-state index in [-0.39, 0.29) is 22.4 Å². The molecule has 0 aliphatic rings. The quantitative estimate of drug-likeness (QED) is 0.913. The average Bonchev–Trinajstić information content (AvgIpc) is 2.76. The van der Waals surface area contributed by atoms with Gasteiger partial charge in [-0.3, -0.25) is 0 Å². The van der Waals surface area contributed by atoms with Crippen molar-refractivity contribution in [3.63, 3.8) is 0 Å². The number of halogens is 4. The second-order valence-corrected chi connectivity index (χ2v) is 3.77. The minimum absolute atomic E-state index is 0.0538. The van der Waals surface area contributed by atoms with Crippen LogP contribution in [0.25, 0.3) is 11.5 Å². The first-order valence-corrected chi connectivity index (χ1v) is 5.18. The molecule has 0 unspecified atom stereocenters. The molecule has 1 heterocycles. The van der Waals surface area contributed by atoms with Crippen molar-refractivity contribution in [2.24, 2.45) is 0 Å². The van der Waals surface area contributed by atoms with Gasteiger partial charge in [0.2, 0.25) is 0 Å². The van der Waals surface area contributed by atoms with Crippen LogP contribution in [0.4, 0.5) is 19.1 Å². The zero-order valence-corrected chi connectivity index (χ0v) is 9.80. The summed E-state index contributed by atoms with van der Waals surface area (Å²) in [6.07, 6.45) is -4.44. The normalized spacial score (nSPS) is 11.6. The van der Waals surface area contributed by atoms with Crippen LogP contribution in [0.1, 0.15) is 5.56 Å². The highest BCUT2D eigenvalue weighted by Crippen LogP contribution is 2.35. The van der Waals surface area contributed by atoms with Crippen molar-refractivity contribution in [3.8, 4) is 11.5 Å². The second-order valence-electron chi connectivity index (χ2n) is 3.37. The number of anilines is 1. The van der Waals surface area contributed by atoms with Gasteiger partial charge in [-0.05, 0) is 23.4 Å². The second kappa shape index (κ2) is 4.49. The minimum Gasteiger partial charge on any atom is -0.355 e. The first-order valence-electron chi connectivity index (χ1n) is 4.80. The van der Waals surface area contributed by atoms with E-state index in [0.29, 0.717) is 0 Å². The molecule has 4 nitrogen and oxygen atoms in total. The SMILES string of the molecule is CNc1noc(-c2ccc(C(F)(F)F)cc2Cl)n1. The standard InChI is InChI=1S/C10H7ClF3N3O/c1-15-9-16-8(18-17-9)6-3-2-5(4-7(6)11)10(12,13)14/h2-4H,1H3,(H,15,17). The molecule has 96 valence electrons. The number of aromatic nitrogens is 2. The Balaban J connectivity index is 2.41. The molecule has 0 fully saturated rings. The molecule has 0 bridgehead atoms. The minimum atomic E-state index is -4.44. The van der Waals surface area contributed by atoms with Gasteiger partial charge in [0.25, 0.3) is 11.8 Å². The Morgan fingerprint density at radius 3 is 2.56 bits per heavy atom. The highest BCUT2D eigenvalue weighted by molar-refractivity contribution is 6.33. The molecule has 0 amide bonds. The third-order valence-electron chi connectivity index (χ3n) is 2.18. The van der Waals surface area contributed by atoms with Gasteiger partial charge in [-0.15, -0.1) is 0 Å². The van der Waals surface area contributed by atoms with Crippen LogP contribution < -0.4 is 5.32 Å². The Morgan fingerprint density at radius 2 is 2.06 bits per heavy atom. The van der Waals surface area contributed by atoms with Crippen molar-refractivity contribution in [3.05, 3.63) is 28.8 Å². The lowest BCUT2D eigenvalue weighted by atomic mass is 10.1. The van der Waals surface area contributed by atoms with Crippen LogP contribution in [0.2, 0.25) is 5.02 Å². The number of hydrogen-bond acceptors (Lipinski definition) is 4. The van der Waals surface area contributed by atoms with E-state index in [1.54, 1.807) is 7.05 Å². The zero-order chi connectivity index (χ0) is 13.3. The van der Waals surface area contributed by atoms with Crippen LogP contribution in [-0.4, -0.2) is 17.2 Å². The molecule has 18 heavy (non-hydrogen) atoms. The van der Waals surface area contributed by atoms with E-state index in [0.717, 1.165) is 12.1 Å². The summed E-state index contributed by atoms with van der Waals surface area (Å²) in [6.45, 7) is 0. The van der Waals surface area contributed by atoms with Gasteiger partial charge in [-0.1, -0.05) is 11.6 Å². The molecule has 0 saturated carbocycles. The van der Waals surface area contributed by atoms with Gasteiger partial charge in [-0.2, -0.15) is 18.2 Å². The molecule has 2 rings (SSSR count). The third-order valence-corrected chi connectivity index (χ3v) is 2.49. The molecule has 1 aromatic carbocycles. The number of hydrogen-bond donors (Lipinski definition) is 1. The molecule has 1 aromatic heterocycles. The Morgan fingerprint density at radius 1 is 1.33 bits per heavy atom. The van der Waals surface area contributed by atoms with E-state index in [1.807, 2.05) is 0 Å². The molecule has 0 spiro atoms. The van der Waals surface area contributed by atoms with Gasteiger partial charge in [0.1, 0.15) is 0 Å². The highest BCUT2D eigenvalue weighted by Gasteiger charge is 2.31. The van der Waals surface area contributed by atoms with Crippen molar-refractivity contribution in [2.75, 3.05) is 12.4 Å². The lowest BCUT2D eigenvalue weighted by Gasteiger charge is -2.07. The monoisotopic (exact) mass is 277 g/mol. The molecule has 0 saturated heterocycles. The van der Waals surface area contributed by atoms with E-state index in [4.69, 9.17) is 16.1 Å². The summed E-state index contributed by atoms with van der Waals surface area (Å²) < 4.78 is 42.2. The first kappa shape index (κ1) is 12.7. The summed E-state index contributed by atoms with van der Waals surface area (Å²) in [5.41, 5.74) is -0.580. The summed E-state index contributed by atoms with van der Waals surface area (Å²) in [5, 5.41) is 6.08. The number of benzene rings is 1. The van der Waals surface area contributed by atoms with Gasteiger partial charge in [0, 0.05) is 7.05 Å². The van der Waals surface area contributed by atoms with Gasteiger partial charge in [0.15, 0.2) is 0 Å². The van der Waals surface area contributed by atoms with Crippen molar-refractivity contribution in [1.29, 1.82) is 0 Å². The summed E-state index contributed by atoms with van der Waals surface area (Å²) in [4.78, 5) is 3.90. The molecule has 2 aromatic rings. The van der Waals surface area contributed by atoms with Gasteiger partial charge < -0.3 is 9.84 Å². The highest BCUT2D eigenvalue weighted by atomic mass is 35.5. The number of alkyl halides is 3. The molecule has 8 heteroatoms. The Bertz CT molecular complexity index is 568. The van der Waals surface area contributed by atoms with Crippen LogP contribution in [0.3, 0.4) is 0 Å².